The number of terminal acetylenes is 1. The minimum atomic E-state index is -3.66. The van der Waals surface area contributed by atoms with E-state index in [2.05, 4.69) is 26.2 Å². The molecule has 0 bridgehead atoms. The highest BCUT2D eigenvalue weighted by Crippen LogP contribution is 2.35. The van der Waals surface area contributed by atoms with Crippen LogP contribution in [0, 0.1) is 19.3 Å². The number of hydrogen-bond donors (Lipinski definition) is 4. The first-order chi connectivity index (χ1) is 37.7. The Bertz CT molecular complexity index is 2480. The summed E-state index contributed by atoms with van der Waals surface area (Å²) < 4.78 is 71.7. The summed E-state index contributed by atoms with van der Waals surface area (Å²) in [6.45, 7) is 10.3. The molecule has 3 amide bonds. The lowest BCUT2D eigenvalue weighted by atomic mass is 9.98. The molecule has 26 heteroatoms. The topological polar surface area (TPSA) is 272 Å². The maximum atomic E-state index is 14.0. The molecule has 434 valence electrons. The number of benzene rings is 1. The zero-order valence-electron chi connectivity index (χ0n) is 45.0. The van der Waals surface area contributed by atoms with E-state index >= 15 is 0 Å². The molecule has 78 heavy (non-hydrogen) atoms. The second kappa shape index (κ2) is 35.4. The number of halogens is 1. The smallest absolute Gasteiger partial charge is 0.323 e. The summed E-state index contributed by atoms with van der Waals surface area (Å²) in [6, 6.07) is 6.24. The Kier molecular flexibility index (Phi) is 28.9. The number of carbonyl (C=O) groups excluding carboxylic acids is 3. The fraction of sp³-hybridized carbons (Fsp3) is 0.654. The third-order valence-electron chi connectivity index (χ3n) is 12.3. The average Bonchev–Trinajstić information content (AvgIpc) is 4.10. The van der Waals surface area contributed by atoms with Gasteiger partial charge in [0.05, 0.1) is 128 Å². The molecule has 0 radical (unpaired) electrons. The van der Waals surface area contributed by atoms with Crippen molar-refractivity contribution in [3.63, 3.8) is 0 Å². The van der Waals surface area contributed by atoms with Gasteiger partial charge in [0.25, 0.3) is 5.91 Å². The van der Waals surface area contributed by atoms with E-state index in [-0.39, 0.29) is 62.0 Å². The van der Waals surface area contributed by atoms with Gasteiger partial charge in [-0.15, -0.1) is 6.42 Å². The molecule has 4 N–H and O–H groups in total. The zero-order chi connectivity index (χ0) is 56.0. The van der Waals surface area contributed by atoms with Crippen LogP contribution in [0.25, 0.3) is 5.65 Å². The van der Waals surface area contributed by atoms with Crippen LogP contribution in [-0.4, -0.2) is 225 Å². The third-order valence-corrected chi connectivity index (χ3v) is 13.2. The Hall–Kier alpha value is -5.24. The highest BCUT2D eigenvalue weighted by molar-refractivity contribution is 7.92. The molecule has 0 unspecified atom stereocenters. The third kappa shape index (κ3) is 23.6. The minimum Gasteiger partial charge on any atom is -0.480 e. The van der Waals surface area contributed by atoms with Gasteiger partial charge in [-0.3, -0.25) is 23.9 Å². The van der Waals surface area contributed by atoms with Gasteiger partial charge < -0.3 is 68.3 Å². The van der Waals surface area contributed by atoms with E-state index in [1.165, 1.54) is 18.2 Å². The SMILES string of the molecule is C#CCOCCOCCOCCOCCOCCOCCOCCOCCNC(=O)CN(CC(=O)O)C(=O)CCCCN[C@H]1CCN(c2nc3cc([C@@H]4CCCCN4C(=O)c4cc(Cl)ccc4NS(C)(=O)=O)nn3cc2C)C1. The number of nitrogens with zero attached hydrogens (tertiary/aromatic N) is 6. The predicted molar refractivity (Wildman–Crippen MR) is 290 cm³/mol. The van der Waals surface area contributed by atoms with E-state index < -0.39 is 34.4 Å². The molecule has 0 saturated carbocycles. The Morgan fingerprint density at radius 3 is 2.03 bits per heavy atom. The van der Waals surface area contributed by atoms with Crippen molar-refractivity contribution in [1.82, 2.24) is 35.0 Å². The number of rotatable bonds is 40. The average molecular weight is 1140 g/mol. The molecule has 2 aliphatic heterocycles. The van der Waals surface area contributed by atoms with Crippen LogP contribution in [0.1, 0.15) is 72.6 Å². The maximum Gasteiger partial charge on any atom is 0.323 e. The number of fused-ring (bicyclic) bond motifs is 1. The van der Waals surface area contributed by atoms with Crippen molar-refractivity contribution in [2.75, 3.05) is 167 Å². The van der Waals surface area contributed by atoms with Crippen LogP contribution in [0.4, 0.5) is 11.5 Å². The minimum absolute atomic E-state index is 0.101. The number of unbranched alkanes of at least 4 members (excludes halogenated alkanes) is 1. The first-order valence-corrected chi connectivity index (χ1v) is 28.7. The van der Waals surface area contributed by atoms with E-state index in [0.29, 0.717) is 148 Å². The van der Waals surface area contributed by atoms with Gasteiger partial charge in [0.15, 0.2) is 5.65 Å². The van der Waals surface area contributed by atoms with Crippen molar-refractivity contribution in [3.8, 4) is 12.3 Å². The number of amides is 3. The van der Waals surface area contributed by atoms with Gasteiger partial charge in [-0.1, -0.05) is 17.5 Å². The molecule has 2 saturated heterocycles. The van der Waals surface area contributed by atoms with E-state index in [0.717, 1.165) is 48.3 Å². The van der Waals surface area contributed by atoms with Gasteiger partial charge in [-0.05, 0) is 70.2 Å². The fourth-order valence-electron chi connectivity index (χ4n) is 8.66. The molecule has 2 aromatic heterocycles. The number of aromatic nitrogens is 3. The van der Waals surface area contributed by atoms with Gasteiger partial charge in [0.1, 0.15) is 25.5 Å². The summed E-state index contributed by atoms with van der Waals surface area (Å²) in [5.74, 6) is 0.785. The first-order valence-electron chi connectivity index (χ1n) is 26.5. The summed E-state index contributed by atoms with van der Waals surface area (Å²) in [6.07, 6.45) is 12.6. The van der Waals surface area contributed by atoms with Crippen LogP contribution in [0.15, 0.2) is 30.5 Å². The number of carboxylic acid groups (broad SMARTS) is 1. The van der Waals surface area contributed by atoms with Crippen LogP contribution < -0.4 is 20.3 Å². The molecule has 24 nitrogen and oxygen atoms in total. The lowest BCUT2D eigenvalue weighted by Gasteiger charge is -2.35. The molecule has 1 aromatic carbocycles. The van der Waals surface area contributed by atoms with E-state index in [1.807, 2.05) is 19.2 Å². The number of ether oxygens (including phenoxy) is 8. The van der Waals surface area contributed by atoms with Crippen LogP contribution >= 0.6 is 11.6 Å². The molecule has 4 heterocycles. The second-order valence-electron chi connectivity index (χ2n) is 18.6. The van der Waals surface area contributed by atoms with Crippen LogP contribution in [-0.2, 0) is 62.3 Å². The Morgan fingerprint density at radius 1 is 0.808 bits per heavy atom. The molecular formula is C52H78ClN9O15S. The summed E-state index contributed by atoms with van der Waals surface area (Å²) in [7, 11) is -3.66. The predicted octanol–water partition coefficient (Wildman–Crippen LogP) is 2.56. The summed E-state index contributed by atoms with van der Waals surface area (Å²) in [5, 5.41) is 20.9. The van der Waals surface area contributed by atoms with Crippen molar-refractivity contribution in [3.05, 3.63) is 52.3 Å². The van der Waals surface area contributed by atoms with E-state index in [1.54, 1.807) is 9.42 Å². The first kappa shape index (κ1) is 63.6. The van der Waals surface area contributed by atoms with Gasteiger partial charge >= 0.3 is 5.97 Å². The number of likely N-dealkylation sites (tertiary alicyclic amines) is 1. The second-order valence-corrected chi connectivity index (χ2v) is 20.8. The quantitative estimate of drug-likeness (QED) is 0.0471. The number of nitrogens with one attached hydrogen (secondary N) is 3. The van der Waals surface area contributed by atoms with E-state index in [9.17, 15) is 32.7 Å². The Labute approximate surface area is 462 Å². The van der Waals surface area contributed by atoms with Gasteiger partial charge in [0, 0.05) is 61.5 Å². The molecule has 2 fully saturated rings. The molecule has 3 aromatic rings. The van der Waals surface area contributed by atoms with Crippen LogP contribution in [0.3, 0.4) is 0 Å². The number of aryl methyl sites for hydroxylation is 1. The lowest BCUT2D eigenvalue weighted by molar-refractivity contribution is -0.146. The van der Waals surface area contributed by atoms with Crippen LogP contribution in [0.5, 0.6) is 0 Å². The van der Waals surface area contributed by atoms with Crippen molar-refractivity contribution in [2.45, 2.75) is 64.0 Å². The number of carboxylic acids is 1. The molecule has 2 atom stereocenters. The molecular weight excluding hydrogens is 1060 g/mol. The molecule has 0 spiro atoms. The van der Waals surface area contributed by atoms with Crippen molar-refractivity contribution < 1.29 is 70.6 Å². The zero-order valence-corrected chi connectivity index (χ0v) is 46.5. The number of carbonyl (C=O) groups is 4. The monoisotopic (exact) mass is 1140 g/mol. The number of sulfonamides is 1. The summed E-state index contributed by atoms with van der Waals surface area (Å²) in [4.78, 5) is 61.3. The maximum absolute atomic E-state index is 14.0. The fourth-order valence-corrected chi connectivity index (χ4v) is 9.41. The number of anilines is 2. The highest BCUT2D eigenvalue weighted by Gasteiger charge is 2.33. The molecule has 0 aliphatic carbocycles. The van der Waals surface area contributed by atoms with Crippen LogP contribution in [0.2, 0.25) is 5.02 Å². The normalized spacial score (nSPS) is 15.7. The lowest BCUT2D eigenvalue weighted by Crippen LogP contribution is -2.43. The van der Waals surface area contributed by atoms with Gasteiger partial charge in [-0.25, -0.2) is 17.9 Å². The Balaban J connectivity index is 0.894. The van der Waals surface area contributed by atoms with Crippen molar-refractivity contribution in [1.29, 1.82) is 0 Å². The van der Waals surface area contributed by atoms with Crippen molar-refractivity contribution in [2.24, 2.45) is 0 Å². The Morgan fingerprint density at radius 2 is 1.42 bits per heavy atom. The van der Waals surface area contributed by atoms with Crippen molar-refractivity contribution >= 4 is 62.5 Å². The summed E-state index contributed by atoms with van der Waals surface area (Å²) in [5.41, 5.74) is 2.60. The summed E-state index contributed by atoms with van der Waals surface area (Å²) >= 11 is 6.28. The molecule has 2 aliphatic rings. The molecule has 5 rings (SSSR count). The largest absolute Gasteiger partial charge is 0.480 e. The standard InChI is InChI=1S/C52H78ClN9O15S/c1-4-18-70-20-22-72-24-26-74-28-30-76-32-33-77-31-29-75-27-25-73-23-21-71-19-15-55-48(63)38-60(39-50(65)66)49(64)10-5-7-14-54-42-13-17-59(37-42)51-40(2)36-62-47(56-51)35-45(57-62)46-9-6-8-16-61(46)52(67)43-34-41(53)11-12-44(43)58-78(3,68)69/h1,11-12,34-36,42,46,54,58H,5-10,13-33,37-39H2,2-3H3,(H,55,63)(H,65,66)/t42-,46-/m0/s1. The van der Waals surface area contributed by atoms with E-state index in [4.69, 9.17) is 66.0 Å². The highest BCUT2D eigenvalue weighted by atomic mass is 35.5. The number of aliphatic carboxylic acids is 1. The number of hydrogen-bond acceptors (Lipinski definition) is 18. The number of piperidine rings is 1. The van der Waals surface area contributed by atoms with Gasteiger partial charge in [0.2, 0.25) is 21.8 Å². The van der Waals surface area contributed by atoms with Gasteiger partial charge in [-0.2, -0.15) is 5.10 Å².